The molecule has 0 bridgehead atoms. The number of fused-ring (bicyclic) bond motifs is 3. The van der Waals surface area contributed by atoms with Crippen LogP contribution in [0.2, 0.25) is 0 Å². The largest absolute Gasteiger partial charge is 0.384 e. The topological polar surface area (TPSA) is 77.2 Å². The van der Waals surface area contributed by atoms with Gasteiger partial charge in [0.2, 0.25) is 0 Å². The van der Waals surface area contributed by atoms with Crippen molar-refractivity contribution < 1.29 is 0 Å². The molecule has 4 heterocycles. The van der Waals surface area contributed by atoms with Crippen LogP contribution in [-0.4, -0.2) is 52.8 Å². The molecule has 0 radical (unpaired) electrons. The number of aryl methyl sites for hydroxylation is 1. The summed E-state index contributed by atoms with van der Waals surface area (Å²) in [5.74, 6) is 0.954. The number of rotatable bonds is 3. The van der Waals surface area contributed by atoms with E-state index in [0.717, 1.165) is 85.8 Å². The highest BCUT2D eigenvalue weighted by molar-refractivity contribution is 5.93. The first-order valence-corrected chi connectivity index (χ1v) is 10.4. The molecule has 0 saturated carbocycles. The van der Waals surface area contributed by atoms with Crippen LogP contribution in [0.3, 0.4) is 0 Å². The molecule has 3 aromatic rings. The van der Waals surface area contributed by atoms with Crippen LogP contribution in [0.1, 0.15) is 23.2 Å². The molecule has 1 fully saturated rings. The van der Waals surface area contributed by atoms with E-state index in [1.54, 1.807) is 0 Å². The molecule has 7 nitrogen and oxygen atoms in total. The molecule has 150 valence electrons. The fraction of sp³-hybridized carbons (Fsp3) is 0.409. The standard InChI is InChI=1S/C22H26N6O/c1-15-4-7-20(26-25-15)28-11-9-27(10-12-28)14-16-5-6-17-19(13-16)24-22(29)18-3-2-8-23-21(17)18/h4-7,13,23H,2-3,8-12,14H2,1H3,(H,24,29). The van der Waals surface area contributed by atoms with Crippen molar-refractivity contribution in [1.82, 2.24) is 20.1 Å². The Morgan fingerprint density at radius 1 is 1.07 bits per heavy atom. The highest BCUT2D eigenvalue weighted by Crippen LogP contribution is 2.28. The van der Waals surface area contributed by atoms with Crippen molar-refractivity contribution >= 4 is 22.4 Å². The van der Waals surface area contributed by atoms with Crippen molar-refractivity contribution in [2.24, 2.45) is 0 Å². The lowest BCUT2D eigenvalue weighted by molar-refractivity contribution is 0.249. The van der Waals surface area contributed by atoms with Crippen LogP contribution in [0, 0.1) is 6.92 Å². The first-order valence-electron chi connectivity index (χ1n) is 10.4. The third kappa shape index (κ3) is 3.58. The maximum atomic E-state index is 12.4. The molecule has 0 aliphatic carbocycles. The number of anilines is 2. The van der Waals surface area contributed by atoms with Gasteiger partial charge in [-0.1, -0.05) is 12.1 Å². The van der Waals surface area contributed by atoms with Crippen LogP contribution in [0.15, 0.2) is 35.1 Å². The van der Waals surface area contributed by atoms with Crippen LogP contribution < -0.4 is 15.8 Å². The molecule has 2 N–H and O–H groups in total. The predicted molar refractivity (Wildman–Crippen MR) is 116 cm³/mol. The fourth-order valence-electron chi connectivity index (χ4n) is 4.36. The first-order chi connectivity index (χ1) is 14.2. The van der Waals surface area contributed by atoms with Crippen molar-refractivity contribution in [3.63, 3.8) is 0 Å². The Labute approximate surface area is 169 Å². The van der Waals surface area contributed by atoms with Gasteiger partial charge in [-0.25, -0.2) is 0 Å². The molecule has 0 amide bonds. The number of hydrogen-bond acceptors (Lipinski definition) is 6. The number of pyridine rings is 1. The lowest BCUT2D eigenvalue weighted by atomic mass is 10.0. The first kappa shape index (κ1) is 18.1. The molecular formula is C22H26N6O. The van der Waals surface area contributed by atoms with Gasteiger partial charge in [0.25, 0.3) is 5.56 Å². The van der Waals surface area contributed by atoms with E-state index < -0.39 is 0 Å². The van der Waals surface area contributed by atoms with E-state index >= 15 is 0 Å². The molecule has 0 atom stereocenters. The summed E-state index contributed by atoms with van der Waals surface area (Å²) in [6.07, 6.45) is 1.87. The minimum atomic E-state index is 0.0460. The van der Waals surface area contributed by atoms with E-state index in [1.165, 1.54) is 5.56 Å². The normalized spacial score (nSPS) is 17.2. The molecule has 7 heteroatoms. The van der Waals surface area contributed by atoms with Gasteiger partial charge in [0.15, 0.2) is 5.82 Å². The number of aromatic amines is 1. The zero-order chi connectivity index (χ0) is 19.8. The van der Waals surface area contributed by atoms with Gasteiger partial charge in [-0.2, -0.15) is 5.10 Å². The van der Waals surface area contributed by atoms with E-state index in [4.69, 9.17) is 0 Å². The van der Waals surface area contributed by atoms with Gasteiger partial charge in [0.05, 0.1) is 16.9 Å². The van der Waals surface area contributed by atoms with Gasteiger partial charge in [-0.15, -0.1) is 5.10 Å². The number of hydrogen-bond donors (Lipinski definition) is 2. The molecule has 1 aromatic carbocycles. The lowest BCUT2D eigenvalue weighted by Crippen LogP contribution is -2.46. The van der Waals surface area contributed by atoms with E-state index in [9.17, 15) is 4.79 Å². The number of aromatic nitrogens is 3. The zero-order valence-electron chi connectivity index (χ0n) is 16.7. The molecule has 29 heavy (non-hydrogen) atoms. The predicted octanol–water partition coefficient (Wildman–Crippen LogP) is 2.31. The smallest absolute Gasteiger partial charge is 0.253 e. The minimum Gasteiger partial charge on any atom is -0.384 e. The summed E-state index contributed by atoms with van der Waals surface area (Å²) < 4.78 is 0. The monoisotopic (exact) mass is 390 g/mol. The maximum Gasteiger partial charge on any atom is 0.253 e. The van der Waals surface area contributed by atoms with E-state index in [1.807, 2.05) is 19.1 Å². The summed E-state index contributed by atoms with van der Waals surface area (Å²) in [5.41, 5.74) is 5.06. The van der Waals surface area contributed by atoms with Crippen LogP contribution in [0.4, 0.5) is 11.5 Å². The fourth-order valence-corrected chi connectivity index (χ4v) is 4.36. The second-order valence-electron chi connectivity index (χ2n) is 8.01. The number of piperazine rings is 1. The third-order valence-electron chi connectivity index (χ3n) is 5.97. The van der Waals surface area contributed by atoms with Gasteiger partial charge < -0.3 is 15.2 Å². The zero-order valence-corrected chi connectivity index (χ0v) is 16.7. The Morgan fingerprint density at radius 3 is 2.72 bits per heavy atom. The Morgan fingerprint density at radius 2 is 1.93 bits per heavy atom. The Kier molecular flexibility index (Phi) is 4.67. The van der Waals surface area contributed by atoms with Crippen LogP contribution in [0.5, 0.6) is 0 Å². The molecule has 2 aliphatic heterocycles. The molecular weight excluding hydrogens is 364 g/mol. The van der Waals surface area contributed by atoms with Gasteiger partial charge >= 0.3 is 0 Å². The summed E-state index contributed by atoms with van der Waals surface area (Å²) in [5, 5.41) is 13.0. The molecule has 5 rings (SSSR count). The molecule has 1 saturated heterocycles. The summed E-state index contributed by atoms with van der Waals surface area (Å²) in [4.78, 5) is 20.3. The van der Waals surface area contributed by atoms with Crippen LogP contribution in [-0.2, 0) is 13.0 Å². The van der Waals surface area contributed by atoms with Crippen LogP contribution in [0.25, 0.3) is 10.9 Å². The van der Waals surface area contributed by atoms with Crippen molar-refractivity contribution in [1.29, 1.82) is 0 Å². The summed E-state index contributed by atoms with van der Waals surface area (Å²) in [6.45, 7) is 7.63. The Balaban J connectivity index is 1.30. The SMILES string of the molecule is Cc1ccc(N2CCN(Cc3ccc4c5c(c(=O)[nH]c4c3)CCCN5)CC2)nn1. The number of nitrogens with one attached hydrogen (secondary N) is 2. The average Bonchev–Trinajstić information content (AvgIpc) is 2.75. The number of benzene rings is 1. The van der Waals surface area contributed by atoms with Crippen molar-refractivity contribution in [2.75, 3.05) is 42.9 Å². The van der Waals surface area contributed by atoms with Gasteiger partial charge in [0.1, 0.15) is 0 Å². The maximum absolute atomic E-state index is 12.4. The van der Waals surface area contributed by atoms with Crippen molar-refractivity contribution in [3.05, 3.63) is 57.5 Å². The third-order valence-corrected chi connectivity index (χ3v) is 5.97. The quantitative estimate of drug-likeness (QED) is 0.715. The highest BCUT2D eigenvalue weighted by atomic mass is 16.1. The highest BCUT2D eigenvalue weighted by Gasteiger charge is 2.20. The number of nitrogens with zero attached hydrogens (tertiary/aromatic N) is 4. The number of H-pyrrole nitrogens is 1. The van der Waals surface area contributed by atoms with E-state index in [2.05, 4.69) is 48.5 Å². The minimum absolute atomic E-state index is 0.0460. The average molecular weight is 390 g/mol. The van der Waals surface area contributed by atoms with E-state index in [-0.39, 0.29) is 5.56 Å². The van der Waals surface area contributed by atoms with E-state index in [0.29, 0.717) is 0 Å². The van der Waals surface area contributed by atoms with Gasteiger partial charge in [-0.3, -0.25) is 9.69 Å². The molecule has 2 aliphatic rings. The Bertz CT molecular complexity index is 1080. The van der Waals surface area contributed by atoms with Crippen LogP contribution >= 0.6 is 0 Å². The van der Waals surface area contributed by atoms with Crippen molar-refractivity contribution in [2.45, 2.75) is 26.3 Å². The van der Waals surface area contributed by atoms with Gasteiger partial charge in [0, 0.05) is 50.2 Å². The van der Waals surface area contributed by atoms with Gasteiger partial charge in [-0.05, 0) is 43.5 Å². The second-order valence-corrected chi connectivity index (χ2v) is 8.01. The summed E-state index contributed by atoms with van der Waals surface area (Å²) in [7, 11) is 0. The summed E-state index contributed by atoms with van der Waals surface area (Å²) >= 11 is 0. The van der Waals surface area contributed by atoms with Crippen molar-refractivity contribution in [3.8, 4) is 0 Å². The Hall–Kier alpha value is -2.93. The summed E-state index contributed by atoms with van der Waals surface area (Å²) in [6, 6.07) is 10.5. The second kappa shape index (κ2) is 7.48. The lowest BCUT2D eigenvalue weighted by Gasteiger charge is -2.35. The molecule has 0 unspecified atom stereocenters. The molecule has 0 spiro atoms. The molecule has 2 aromatic heterocycles.